The number of hydrogen-bond donors (Lipinski definition) is 2. The summed E-state index contributed by atoms with van der Waals surface area (Å²) >= 11 is 0. The normalized spacial score (nSPS) is 22.8. The Labute approximate surface area is 283 Å². The minimum atomic E-state index is -0.964. The molecular weight excluding hydrogens is 622 g/mol. The Morgan fingerprint density at radius 1 is 0.959 bits per heavy atom. The molecule has 0 radical (unpaired) electrons. The summed E-state index contributed by atoms with van der Waals surface area (Å²) in [6, 6.07) is 10.8. The number of carbonyl (C=O) groups is 4. The summed E-state index contributed by atoms with van der Waals surface area (Å²) in [5.41, 5.74) is 6.11. The maximum atomic E-state index is 13.1. The van der Waals surface area contributed by atoms with Crippen molar-refractivity contribution in [2.75, 3.05) is 50.0 Å². The molecule has 4 amide bonds. The number of rotatable bonds is 9. The summed E-state index contributed by atoms with van der Waals surface area (Å²) in [5.74, 6) is -1.37. The number of likely N-dealkylation sites (N-methyl/N-ethyl adjacent to an activating group) is 1. The molecule has 252 valence electrons. The highest BCUT2D eigenvalue weighted by Crippen LogP contribution is 2.40. The Bertz CT molecular complexity index is 1960. The summed E-state index contributed by atoms with van der Waals surface area (Å²) in [6.45, 7) is 4.79. The van der Waals surface area contributed by atoms with E-state index in [0.29, 0.717) is 12.0 Å². The van der Waals surface area contributed by atoms with Crippen LogP contribution in [0.15, 0.2) is 55.0 Å². The van der Waals surface area contributed by atoms with Gasteiger partial charge in [-0.1, -0.05) is 6.07 Å². The van der Waals surface area contributed by atoms with E-state index in [0.717, 1.165) is 97.0 Å². The van der Waals surface area contributed by atoms with E-state index in [-0.39, 0.29) is 29.9 Å². The van der Waals surface area contributed by atoms with Crippen molar-refractivity contribution >= 4 is 46.0 Å². The fraction of sp³-hybridized carbons (Fsp3) is 0.417. The monoisotopic (exact) mass is 661 g/mol. The van der Waals surface area contributed by atoms with E-state index in [2.05, 4.69) is 55.6 Å². The van der Waals surface area contributed by atoms with Gasteiger partial charge in [-0.2, -0.15) is 5.10 Å². The van der Waals surface area contributed by atoms with Crippen LogP contribution in [0.2, 0.25) is 0 Å². The predicted molar refractivity (Wildman–Crippen MR) is 183 cm³/mol. The molecule has 2 aromatic carbocycles. The summed E-state index contributed by atoms with van der Waals surface area (Å²) < 4.78 is 2.07. The molecule has 3 fully saturated rings. The second kappa shape index (κ2) is 12.7. The highest BCUT2D eigenvalue weighted by Gasteiger charge is 2.44. The third-order valence-electron chi connectivity index (χ3n) is 10.4. The van der Waals surface area contributed by atoms with Gasteiger partial charge in [0.15, 0.2) is 0 Å². The maximum Gasteiger partial charge on any atom is 0.262 e. The molecule has 0 spiro atoms. The lowest BCUT2D eigenvalue weighted by Gasteiger charge is -2.35. The number of piperidine rings is 1. The van der Waals surface area contributed by atoms with Crippen molar-refractivity contribution in [1.82, 2.24) is 34.9 Å². The highest BCUT2D eigenvalue weighted by molar-refractivity contribution is 6.23. The summed E-state index contributed by atoms with van der Waals surface area (Å²) in [4.78, 5) is 65.4. The second-order valence-electron chi connectivity index (χ2n) is 13.7. The molecular formula is C36H39N9O4. The number of anilines is 2. The molecule has 1 unspecified atom stereocenters. The summed E-state index contributed by atoms with van der Waals surface area (Å²) in [5, 5.41) is 10.3. The number of carbonyl (C=O) groups excluding carboxylic acids is 4. The van der Waals surface area contributed by atoms with Crippen LogP contribution in [-0.4, -0.2) is 99.0 Å². The van der Waals surface area contributed by atoms with Crippen molar-refractivity contribution in [1.29, 1.82) is 0 Å². The Morgan fingerprint density at radius 2 is 1.78 bits per heavy atom. The minimum Gasteiger partial charge on any atom is -0.385 e. The third kappa shape index (κ3) is 5.92. The standard InChI is InChI=1S/C36H39N9O4/c1-42-12-14-43(15-13-42)30-6-2-5-28-33(30)38-20-29(40-28)23-19-39-44(21-23)25-16-22(17-25)4-3-11-37-24-7-8-26-27(18-24)36(49)45(35(26)48)31-9-10-32(46)41-34(31)47/h2,5-8,18-22,25,31,37H,3-4,9-17H2,1H3,(H,41,46,47). The van der Waals surface area contributed by atoms with E-state index in [1.807, 2.05) is 18.5 Å². The maximum absolute atomic E-state index is 13.1. The number of imide groups is 2. The van der Waals surface area contributed by atoms with E-state index in [4.69, 9.17) is 9.97 Å². The predicted octanol–water partition coefficient (Wildman–Crippen LogP) is 3.49. The van der Waals surface area contributed by atoms with Crippen molar-refractivity contribution in [3.63, 3.8) is 0 Å². The average Bonchev–Trinajstić information content (AvgIpc) is 3.66. The van der Waals surface area contributed by atoms with E-state index >= 15 is 0 Å². The first kappa shape index (κ1) is 31.1. The third-order valence-corrected chi connectivity index (χ3v) is 10.4. The first-order chi connectivity index (χ1) is 23.8. The van der Waals surface area contributed by atoms with Crippen LogP contribution in [0.5, 0.6) is 0 Å². The number of nitrogens with zero attached hydrogens (tertiary/aromatic N) is 7. The Hall–Kier alpha value is -5.17. The minimum absolute atomic E-state index is 0.0975. The average molecular weight is 662 g/mol. The van der Waals surface area contributed by atoms with Crippen LogP contribution in [0.4, 0.5) is 11.4 Å². The zero-order chi connectivity index (χ0) is 33.6. The Morgan fingerprint density at radius 3 is 2.59 bits per heavy atom. The van der Waals surface area contributed by atoms with Gasteiger partial charge in [0.2, 0.25) is 11.8 Å². The molecule has 2 N–H and O–H groups in total. The van der Waals surface area contributed by atoms with Gasteiger partial charge in [-0.3, -0.25) is 39.1 Å². The lowest BCUT2D eigenvalue weighted by atomic mass is 9.77. The molecule has 1 saturated carbocycles. The number of benzene rings is 2. The molecule has 4 aromatic rings. The zero-order valence-corrected chi connectivity index (χ0v) is 27.5. The number of hydrogen-bond acceptors (Lipinski definition) is 10. The molecule has 13 nitrogen and oxygen atoms in total. The molecule has 49 heavy (non-hydrogen) atoms. The molecule has 5 heterocycles. The summed E-state index contributed by atoms with van der Waals surface area (Å²) in [7, 11) is 2.16. The first-order valence-corrected chi connectivity index (χ1v) is 17.2. The molecule has 1 atom stereocenters. The second-order valence-corrected chi connectivity index (χ2v) is 13.7. The van der Waals surface area contributed by atoms with Crippen LogP contribution in [-0.2, 0) is 9.59 Å². The SMILES string of the molecule is CN1CCN(c2cccc3nc(-c4cnn(C5CC(CCCNc6ccc7c(c6)C(=O)N(C6CCC(=O)NC6=O)C7=O)C5)c4)cnc23)CC1. The van der Waals surface area contributed by atoms with Gasteiger partial charge in [-0.25, -0.2) is 4.98 Å². The smallest absolute Gasteiger partial charge is 0.262 e. The molecule has 4 aliphatic rings. The lowest BCUT2D eigenvalue weighted by molar-refractivity contribution is -0.136. The molecule has 3 aliphatic heterocycles. The van der Waals surface area contributed by atoms with Crippen LogP contribution in [0.25, 0.3) is 22.3 Å². The number of para-hydroxylation sites is 1. The van der Waals surface area contributed by atoms with Crippen LogP contribution in [0.1, 0.15) is 65.3 Å². The first-order valence-electron chi connectivity index (χ1n) is 17.2. The van der Waals surface area contributed by atoms with Gasteiger partial charge in [0, 0.05) is 56.6 Å². The number of fused-ring (bicyclic) bond motifs is 2. The number of nitrogens with one attached hydrogen (secondary N) is 2. The van der Waals surface area contributed by atoms with Crippen molar-refractivity contribution in [3.8, 4) is 11.3 Å². The van der Waals surface area contributed by atoms with Crippen molar-refractivity contribution in [2.24, 2.45) is 5.92 Å². The lowest BCUT2D eigenvalue weighted by Crippen LogP contribution is -2.54. The molecule has 8 rings (SSSR count). The fourth-order valence-electron chi connectivity index (χ4n) is 7.49. The van der Waals surface area contributed by atoms with Crippen molar-refractivity contribution < 1.29 is 19.2 Å². The van der Waals surface area contributed by atoms with Crippen LogP contribution >= 0.6 is 0 Å². The van der Waals surface area contributed by atoms with Gasteiger partial charge >= 0.3 is 0 Å². The zero-order valence-electron chi connectivity index (χ0n) is 27.5. The molecule has 1 aliphatic carbocycles. The largest absolute Gasteiger partial charge is 0.385 e. The fourth-order valence-corrected chi connectivity index (χ4v) is 7.49. The van der Waals surface area contributed by atoms with Gasteiger partial charge < -0.3 is 15.1 Å². The highest BCUT2D eigenvalue weighted by atomic mass is 16.2. The number of piperazine rings is 1. The Kier molecular flexibility index (Phi) is 8.06. The van der Waals surface area contributed by atoms with E-state index < -0.39 is 23.8 Å². The molecule has 13 heteroatoms. The molecule has 0 bridgehead atoms. The van der Waals surface area contributed by atoms with Crippen molar-refractivity contribution in [2.45, 2.75) is 50.6 Å². The van der Waals surface area contributed by atoms with Crippen molar-refractivity contribution in [3.05, 3.63) is 66.1 Å². The van der Waals surface area contributed by atoms with Gasteiger partial charge in [0.05, 0.1) is 46.5 Å². The van der Waals surface area contributed by atoms with E-state index in [1.165, 1.54) is 0 Å². The van der Waals surface area contributed by atoms with Crippen LogP contribution in [0, 0.1) is 5.92 Å². The van der Waals surface area contributed by atoms with E-state index in [1.54, 1.807) is 18.2 Å². The van der Waals surface area contributed by atoms with Crippen LogP contribution < -0.4 is 15.5 Å². The van der Waals surface area contributed by atoms with Gasteiger partial charge in [0.1, 0.15) is 11.6 Å². The quantitative estimate of drug-likeness (QED) is 0.202. The van der Waals surface area contributed by atoms with Gasteiger partial charge in [-0.15, -0.1) is 0 Å². The topological polar surface area (TPSA) is 146 Å². The van der Waals surface area contributed by atoms with Gasteiger partial charge in [0.25, 0.3) is 11.8 Å². The number of aromatic nitrogens is 4. The van der Waals surface area contributed by atoms with Crippen LogP contribution in [0.3, 0.4) is 0 Å². The summed E-state index contributed by atoms with van der Waals surface area (Å²) in [6.07, 6.45) is 10.3. The molecule has 2 saturated heterocycles. The van der Waals surface area contributed by atoms with E-state index in [9.17, 15) is 19.2 Å². The molecule has 2 aromatic heterocycles. The number of amides is 4. The van der Waals surface area contributed by atoms with Gasteiger partial charge in [-0.05, 0) is 75.4 Å². The Balaban J connectivity index is 0.818.